The van der Waals surface area contributed by atoms with E-state index in [0.717, 1.165) is 9.87 Å². The number of anilines is 1. The Morgan fingerprint density at radius 3 is 2.31 bits per heavy atom. The molecule has 0 saturated heterocycles. The Morgan fingerprint density at radius 1 is 1.12 bits per heavy atom. The van der Waals surface area contributed by atoms with Crippen molar-refractivity contribution in [3.05, 3.63) is 59.7 Å². The maximum absolute atomic E-state index is 12.6. The number of rotatable bonds is 6. The fourth-order valence-corrected chi connectivity index (χ4v) is 3.68. The Kier molecular flexibility index (Phi) is 6.17. The molecular formula is C19H25N3O3S. The lowest BCUT2D eigenvalue weighted by Crippen LogP contribution is -2.30. The van der Waals surface area contributed by atoms with Gasteiger partial charge in [-0.15, -0.1) is 0 Å². The van der Waals surface area contributed by atoms with Crippen LogP contribution < -0.4 is 11.1 Å². The Bertz CT molecular complexity index is 880. The number of hydrogen-bond donors (Lipinski definition) is 2. The van der Waals surface area contributed by atoms with Gasteiger partial charge in [-0.2, -0.15) is 0 Å². The summed E-state index contributed by atoms with van der Waals surface area (Å²) >= 11 is 0. The maximum Gasteiger partial charge on any atom is 0.242 e. The van der Waals surface area contributed by atoms with Crippen molar-refractivity contribution in [3.63, 3.8) is 0 Å². The van der Waals surface area contributed by atoms with E-state index >= 15 is 0 Å². The number of nitrogens with one attached hydrogen (secondary N) is 1. The van der Waals surface area contributed by atoms with Gasteiger partial charge in [0.25, 0.3) is 0 Å². The Morgan fingerprint density at radius 2 is 1.73 bits per heavy atom. The fourth-order valence-electron chi connectivity index (χ4n) is 2.54. The predicted molar refractivity (Wildman–Crippen MR) is 103 cm³/mol. The van der Waals surface area contributed by atoms with E-state index in [-0.39, 0.29) is 10.8 Å². The van der Waals surface area contributed by atoms with E-state index in [2.05, 4.69) is 5.32 Å². The Balaban J connectivity index is 2.22. The first-order valence-corrected chi connectivity index (χ1v) is 9.73. The number of nitrogens with two attached hydrogens (primary N) is 1. The summed E-state index contributed by atoms with van der Waals surface area (Å²) in [6.07, 6.45) is 0. The number of carbonyl (C=O) groups excluding carboxylic acids is 1. The second kappa shape index (κ2) is 7.99. The van der Waals surface area contributed by atoms with E-state index in [0.29, 0.717) is 11.3 Å². The molecule has 3 N–H and O–H groups in total. The number of nitrogens with zero attached hydrogens (tertiary/aromatic N) is 1. The molecule has 0 spiro atoms. The third kappa shape index (κ3) is 4.30. The molecule has 2 unspecified atom stereocenters. The van der Waals surface area contributed by atoms with Crippen molar-refractivity contribution in [1.82, 2.24) is 4.31 Å². The third-order valence-corrected chi connectivity index (χ3v) is 6.31. The van der Waals surface area contributed by atoms with Crippen LogP contribution in [0.25, 0.3) is 0 Å². The number of amides is 1. The maximum atomic E-state index is 12.6. The predicted octanol–water partition coefficient (Wildman–Crippen LogP) is 2.52. The number of carbonyl (C=O) groups is 1. The van der Waals surface area contributed by atoms with Gasteiger partial charge in [-0.1, -0.05) is 43.3 Å². The topological polar surface area (TPSA) is 92.5 Å². The van der Waals surface area contributed by atoms with Crippen LogP contribution >= 0.6 is 0 Å². The summed E-state index contributed by atoms with van der Waals surface area (Å²) in [5, 5.41) is 2.77. The molecule has 0 bridgehead atoms. The normalized spacial score (nSPS) is 14.1. The van der Waals surface area contributed by atoms with Crippen LogP contribution in [0.5, 0.6) is 0 Å². The van der Waals surface area contributed by atoms with E-state index < -0.39 is 22.0 Å². The zero-order valence-corrected chi connectivity index (χ0v) is 16.2. The molecule has 1 amide bonds. The minimum absolute atomic E-state index is 0.167. The average molecular weight is 375 g/mol. The highest BCUT2D eigenvalue weighted by Gasteiger charge is 2.24. The summed E-state index contributed by atoms with van der Waals surface area (Å²) in [5.41, 5.74) is 8.10. The quantitative estimate of drug-likeness (QED) is 0.811. The summed E-state index contributed by atoms with van der Waals surface area (Å²) in [5.74, 6) is -0.744. The van der Waals surface area contributed by atoms with Crippen molar-refractivity contribution < 1.29 is 13.2 Å². The molecule has 0 aliphatic carbocycles. The van der Waals surface area contributed by atoms with Gasteiger partial charge in [0.2, 0.25) is 15.9 Å². The highest BCUT2D eigenvalue weighted by Crippen LogP contribution is 2.24. The van der Waals surface area contributed by atoms with Crippen LogP contribution in [-0.4, -0.2) is 32.7 Å². The number of hydrogen-bond acceptors (Lipinski definition) is 4. The monoisotopic (exact) mass is 375 g/mol. The lowest BCUT2D eigenvalue weighted by atomic mass is 9.94. The van der Waals surface area contributed by atoms with Crippen molar-refractivity contribution in [1.29, 1.82) is 0 Å². The molecule has 26 heavy (non-hydrogen) atoms. The van der Waals surface area contributed by atoms with Gasteiger partial charge >= 0.3 is 0 Å². The van der Waals surface area contributed by atoms with E-state index in [4.69, 9.17) is 5.73 Å². The molecule has 7 heteroatoms. The standard InChI is InChI=1S/C19H25N3O3S/c1-13-10-11-16(12-17(13)26(24,25)22(3)4)21-19(23)14(2)18(20)15-8-6-5-7-9-15/h5-12,14,18H,20H2,1-4H3,(H,21,23). The molecule has 2 aromatic rings. The molecule has 2 atom stereocenters. The zero-order chi connectivity index (χ0) is 19.5. The molecule has 6 nitrogen and oxygen atoms in total. The largest absolute Gasteiger partial charge is 0.326 e. The van der Waals surface area contributed by atoms with Crippen LogP contribution in [-0.2, 0) is 14.8 Å². The molecule has 0 aromatic heterocycles. The summed E-state index contributed by atoms with van der Waals surface area (Å²) in [4.78, 5) is 12.7. The second-order valence-corrected chi connectivity index (χ2v) is 8.60. The van der Waals surface area contributed by atoms with Crippen LogP contribution in [0.15, 0.2) is 53.4 Å². The molecule has 2 rings (SSSR count). The highest BCUT2D eigenvalue weighted by atomic mass is 32.2. The van der Waals surface area contributed by atoms with Gasteiger partial charge in [-0.25, -0.2) is 12.7 Å². The van der Waals surface area contributed by atoms with Crippen molar-refractivity contribution >= 4 is 21.6 Å². The zero-order valence-electron chi connectivity index (χ0n) is 15.4. The van der Waals surface area contributed by atoms with Crippen LogP contribution in [0.4, 0.5) is 5.69 Å². The minimum atomic E-state index is -3.59. The van der Waals surface area contributed by atoms with Gasteiger partial charge in [-0.05, 0) is 30.2 Å². The van der Waals surface area contributed by atoms with Crippen LogP contribution in [0.1, 0.15) is 24.1 Å². The number of aryl methyl sites for hydroxylation is 1. The Labute approximate surface area is 155 Å². The van der Waals surface area contributed by atoms with Crippen molar-refractivity contribution in [2.75, 3.05) is 19.4 Å². The fraction of sp³-hybridized carbons (Fsp3) is 0.316. The number of sulfonamides is 1. The first-order chi connectivity index (χ1) is 12.1. The molecule has 0 saturated carbocycles. The minimum Gasteiger partial charge on any atom is -0.326 e. The van der Waals surface area contributed by atoms with Crippen LogP contribution in [0.3, 0.4) is 0 Å². The van der Waals surface area contributed by atoms with Gasteiger partial charge < -0.3 is 11.1 Å². The third-order valence-electron chi connectivity index (χ3n) is 4.35. The highest BCUT2D eigenvalue weighted by molar-refractivity contribution is 7.89. The molecule has 2 aromatic carbocycles. The van der Waals surface area contributed by atoms with Gasteiger partial charge in [0.1, 0.15) is 0 Å². The van der Waals surface area contributed by atoms with Crippen LogP contribution in [0, 0.1) is 12.8 Å². The first kappa shape index (κ1) is 20.1. The summed E-state index contributed by atoms with van der Waals surface area (Å²) < 4.78 is 26.0. The summed E-state index contributed by atoms with van der Waals surface area (Å²) in [7, 11) is -0.642. The molecule has 0 aliphatic rings. The lowest BCUT2D eigenvalue weighted by molar-refractivity contribution is -0.120. The average Bonchev–Trinajstić information content (AvgIpc) is 2.62. The molecule has 0 radical (unpaired) electrons. The summed E-state index contributed by atoms with van der Waals surface area (Å²) in [6, 6.07) is 13.8. The summed E-state index contributed by atoms with van der Waals surface area (Å²) in [6.45, 7) is 3.47. The van der Waals surface area contributed by atoms with Crippen molar-refractivity contribution in [2.45, 2.75) is 24.8 Å². The van der Waals surface area contributed by atoms with Gasteiger partial charge in [0, 0.05) is 25.8 Å². The van der Waals surface area contributed by atoms with E-state index in [1.54, 1.807) is 26.0 Å². The first-order valence-electron chi connectivity index (χ1n) is 8.29. The second-order valence-electron chi connectivity index (χ2n) is 6.48. The van der Waals surface area contributed by atoms with Gasteiger partial charge in [-0.3, -0.25) is 4.79 Å². The van der Waals surface area contributed by atoms with E-state index in [9.17, 15) is 13.2 Å². The SMILES string of the molecule is Cc1ccc(NC(=O)C(C)C(N)c2ccccc2)cc1S(=O)(=O)N(C)C. The Hall–Kier alpha value is -2.22. The van der Waals surface area contributed by atoms with Crippen molar-refractivity contribution in [3.8, 4) is 0 Å². The van der Waals surface area contributed by atoms with Crippen LogP contribution in [0.2, 0.25) is 0 Å². The van der Waals surface area contributed by atoms with E-state index in [1.807, 2.05) is 30.3 Å². The van der Waals surface area contributed by atoms with Gasteiger partial charge in [0.05, 0.1) is 10.8 Å². The molecule has 140 valence electrons. The molecule has 0 aliphatic heterocycles. The molecule has 0 heterocycles. The molecular weight excluding hydrogens is 350 g/mol. The van der Waals surface area contributed by atoms with E-state index in [1.165, 1.54) is 20.2 Å². The lowest BCUT2D eigenvalue weighted by Gasteiger charge is -2.20. The smallest absolute Gasteiger partial charge is 0.242 e. The molecule has 0 fully saturated rings. The van der Waals surface area contributed by atoms with Crippen molar-refractivity contribution in [2.24, 2.45) is 11.7 Å². The van der Waals surface area contributed by atoms with Gasteiger partial charge in [0.15, 0.2) is 0 Å². The number of benzene rings is 2.